The first-order chi connectivity index (χ1) is 13.0. The number of hydrogen-bond acceptors (Lipinski definition) is 4. The molecule has 0 radical (unpaired) electrons. The van der Waals surface area contributed by atoms with Crippen molar-refractivity contribution in [3.05, 3.63) is 59.7 Å². The number of ketones is 1. The van der Waals surface area contributed by atoms with Crippen molar-refractivity contribution in [3.63, 3.8) is 0 Å². The van der Waals surface area contributed by atoms with E-state index in [-0.39, 0.29) is 11.7 Å². The molecule has 0 aromatic heterocycles. The summed E-state index contributed by atoms with van der Waals surface area (Å²) in [5.41, 5.74) is 2.89. The van der Waals surface area contributed by atoms with Crippen LogP contribution in [0.5, 0.6) is 5.75 Å². The number of amides is 1. The van der Waals surface area contributed by atoms with Gasteiger partial charge in [-0.1, -0.05) is 18.2 Å². The van der Waals surface area contributed by atoms with Gasteiger partial charge in [-0.2, -0.15) is 0 Å². The normalized spacial score (nSPS) is 14.1. The van der Waals surface area contributed by atoms with Crippen molar-refractivity contribution in [3.8, 4) is 5.75 Å². The summed E-state index contributed by atoms with van der Waals surface area (Å²) in [4.78, 5) is 28.0. The summed E-state index contributed by atoms with van der Waals surface area (Å²) in [6.45, 7) is 6.97. The number of Topliss-reactive ketones (excluding diaryl/α,β-unsaturated/α-hetero) is 1. The fraction of sp³-hybridized carbons (Fsp3) is 0.364. The number of piperazine rings is 1. The number of benzene rings is 2. The number of carbonyl (C=O) groups excluding carboxylic acids is 2. The van der Waals surface area contributed by atoms with E-state index in [1.165, 1.54) is 0 Å². The maximum Gasteiger partial charge on any atom is 0.226 e. The lowest BCUT2D eigenvalue weighted by molar-refractivity contribution is -0.132. The van der Waals surface area contributed by atoms with Gasteiger partial charge in [-0.05, 0) is 49.7 Å². The average molecular weight is 366 g/mol. The van der Waals surface area contributed by atoms with E-state index in [0.717, 1.165) is 35.7 Å². The van der Waals surface area contributed by atoms with Crippen LogP contribution in [0.2, 0.25) is 0 Å². The minimum absolute atomic E-state index is 0.0740. The van der Waals surface area contributed by atoms with E-state index in [1.807, 2.05) is 60.4 Å². The van der Waals surface area contributed by atoms with Crippen LogP contribution in [0.25, 0.3) is 0 Å². The fourth-order valence-electron chi connectivity index (χ4n) is 3.25. The Balaban J connectivity index is 1.45. The summed E-state index contributed by atoms with van der Waals surface area (Å²) in [5.74, 6) is 1.05. The summed E-state index contributed by atoms with van der Waals surface area (Å²) in [6.07, 6.45) is 0.391. The van der Waals surface area contributed by atoms with Crippen molar-refractivity contribution in [1.29, 1.82) is 0 Å². The third kappa shape index (κ3) is 4.88. The smallest absolute Gasteiger partial charge is 0.226 e. The Morgan fingerprint density at radius 3 is 2.26 bits per heavy atom. The van der Waals surface area contributed by atoms with Crippen LogP contribution >= 0.6 is 0 Å². The van der Waals surface area contributed by atoms with E-state index >= 15 is 0 Å². The van der Waals surface area contributed by atoms with E-state index in [2.05, 4.69) is 4.90 Å². The van der Waals surface area contributed by atoms with Crippen LogP contribution in [0.3, 0.4) is 0 Å². The number of hydrogen-bond donors (Lipinski definition) is 0. The molecule has 0 atom stereocenters. The second-order valence-corrected chi connectivity index (χ2v) is 6.83. The van der Waals surface area contributed by atoms with E-state index in [0.29, 0.717) is 26.1 Å². The maximum atomic E-state index is 12.4. The third-order valence-electron chi connectivity index (χ3n) is 4.94. The van der Waals surface area contributed by atoms with Crippen LogP contribution in [0.4, 0.5) is 5.69 Å². The van der Waals surface area contributed by atoms with Gasteiger partial charge in [0.2, 0.25) is 5.91 Å². The second-order valence-electron chi connectivity index (χ2n) is 6.83. The lowest BCUT2D eigenvalue weighted by Crippen LogP contribution is -2.49. The van der Waals surface area contributed by atoms with Gasteiger partial charge in [-0.15, -0.1) is 0 Å². The SMILES string of the molecule is CC(=O)c1ccc(N2CCN(C(=O)CCOc3ccccc3C)CC2)cc1. The molecule has 0 spiro atoms. The van der Waals surface area contributed by atoms with Crippen molar-refractivity contribution >= 4 is 17.4 Å². The summed E-state index contributed by atoms with van der Waals surface area (Å²) in [6, 6.07) is 15.5. The average Bonchev–Trinajstić information content (AvgIpc) is 2.69. The molecule has 1 fully saturated rings. The quantitative estimate of drug-likeness (QED) is 0.736. The molecule has 2 aromatic rings. The predicted octanol–water partition coefficient (Wildman–Crippen LogP) is 3.32. The van der Waals surface area contributed by atoms with Crippen LogP contribution < -0.4 is 9.64 Å². The highest BCUT2D eigenvalue weighted by Crippen LogP contribution is 2.19. The highest BCUT2D eigenvalue weighted by molar-refractivity contribution is 5.94. The van der Waals surface area contributed by atoms with E-state index < -0.39 is 0 Å². The summed E-state index contributed by atoms with van der Waals surface area (Å²) in [7, 11) is 0. The zero-order valence-corrected chi connectivity index (χ0v) is 16.0. The second kappa shape index (κ2) is 8.71. The van der Waals surface area contributed by atoms with Crippen LogP contribution in [0.15, 0.2) is 48.5 Å². The van der Waals surface area contributed by atoms with Crippen LogP contribution in [-0.2, 0) is 4.79 Å². The molecule has 27 heavy (non-hydrogen) atoms. The zero-order valence-electron chi connectivity index (χ0n) is 16.0. The van der Waals surface area contributed by atoms with Gasteiger partial charge in [-0.3, -0.25) is 9.59 Å². The first kappa shape index (κ1) is 19.0. The molecule has 0 bridgehead atoms. The van der Waals surface area contributed by atoms with Gasteiger partial charge in [-0.25, -0.2) is 0 Å². The minimum Gasteiger partial charge on any atom is -0.493 e. The van der Waals surface area contributed by atoms with Gasteiger partial charge < -0.3 is 14.5 Å². The van der Waals surface area contributed by atoms with E-state index in [9.17, 15) is 9.59 Å². The Labute approximate surface area is 160 Å². The molecule has 1 aliphatic rings. The predicted molar refractivity (Wildman–Crippen MR) is 107 cm³/mol. The van der Waals surface area contributed by atoms with Crippen molar-refractivity contribution in [2.75, 3.05) is 37.7 Å². The lowest BCUT2D eigenvalue weighted by atomic mass is 10.1. The van der Waals surface area contributed by atoms with Crippen molar-refractivity contribution in [1.82, 2.24) is 4.90 Å². The Bertz CT molecular complexity index is 793. The van der Waals surface area contributed by atoms with Crippen LogP contribution in [0, 0.1) is 6.92 Å². The molecule has 5 nitrogen and oxygen atoms in total. The monoisotopic (exact) mass is 366 g/mol. The maximum absolute atomic E-state index is 12.4. The van der Waals surface area contributed by atoms with Crippen LogP contribution in [0.1, 0.15) is 29.3 Å². The van der Waals surface area contributed by atoms with Crippen molar-refractivity contribution < 1.29 is 14.3 Å². The standard InChI is InChI=1S/C22H26N2O3/c1-17-5-3-4-6-21(17)27-16-11-22(26)24-14-12-23(13-15-24)20-9-7-19(8-10-20)18(2)25/h3-10H,11-16H2,1-2H3. The summed E-state index contributed by atoms with van der Waals surface area (Å²) in [5, 5.41) is 0. The number of carbonyl (C=O) groups is 2. The lowest BCUT2D eigenvalue weighted by Gasteiger charge is -2.36. The molecule has 1 aliphatic heterocycles. The van der Waals surface area contributed by atoms with Crippen LogP contribution in [-0.4, -0.2) is 49.4 Å². The molecule has 142 valence electrons. The number of ether oxygens (including phenoxy) is 1. The largest absolute Gasteiger partial charge is 0.493 e. The fourth-order valence-corrected chi connectivity index (χ4v) is 3.25. The Hall–Kier alpha value is -2.82. The van der Waals surface area contributed by atoms with Crippen molar-refractivity contribution in [2.24, 2.45) is 0 Å². The first-order valence-electron chi connectivity index (χ1n) is 9.37. The molecule has 0 N–H and O–H groups in total. The molecule has 3 rings (SSSR count). The Morgan fingerprint density at radius 2 is 1.63 bits per heavy atom. The molecule has 0 unspecified atom stereocenters. The number of aryl methyl sites for hydroxylation is 1. The number of anilines is 1. The molecule has 2 aromatic carbocycles. The highest BCUT2D eigenvalue weighted by Gasteiger charge is 2.21. The van der Waals surface area contributed by atoms with Gasteiger partial charge >= 0.3 is 0 Å². The molecule has 1 amide bonds. The van der Waals surface area contributed by atoms with Gasteiger partial charge in [0.15, 0.2) is 5.78 Å². The molecular weight excluding hydrogens is 340 g/mol. The summed E-state index contributed by atoms with van der Waals surface area (Å²) >= 11 is 0. The molecule has 1 heterocycles. The number of rotatable bonds is 6. The van der Waals surface area contributed by atoms with Gasteiger partial charge in [0.05, 0.1) is 13.0 Å². The van der Waals surface area contributed by atoms with Gasteiger partial charge in [0, 0.05) is 37.4 Å². The minimum atomic E-state index is 0.0740. The summed E-state index contributed by atoms with van der Waals surface area (Å²) < 4.78 is 5.73. The Kier molecular flexibility index (Phi) is 6.12. The van der Waals surface area contributed by atoms with Gasteiger partial charge in [0.25, 0.3) is 0 Å². The third-order valence-corrected chi connectivity index (χ3v) is 4.94. The number of para-hydroxylation sites is 1. The molecule has 0 aliphatic carbocycles. The topological polar surface area (TPSA) is 49.9 Å². The highest BCUT2D eigenvalue weighted by atomic mass is 16.5. The molecule has 5 heteroatoms. The molecule has 0 saturated carbocycles. The molecular formula is C22H26N2O3. The van der Waals surface area contributed by atoms with Crippen molar-refractivity contribution in [2.45, 2.75) is 20.3 Å². The van der Waals surface area contributed by atoms with Gasteiger partial charge in [0.1, 0.15) is 5.75 Å². The zero-order chi connectivity index (χ0) is 19.2. The molecule has 1 saturated heterocycles. The Morgan fingerprint density at radius 1 is 0.963 bits per heavy atom. The first-order valence-corrected chi connectivity index (χ1v) is 9.37. The number of nitrogens with zero attached hydrogens (tertiary/aromatic N) is 2. The van der Waals surface area contributed by atoms with E-state index in [1.54, 1.807) is 6.92 Å². The van der Waals surface area contributed by atoms with E-state index in [4.69, 9.17) is 4.74 Å².